The van der Waals surface area contributed by atoms with Crippen molar-refractivity contribution in [3.8, 4) is 0 Å². The van der Waals surface area contributed by atoms with E-state index in [0.717, 1.165) is 57.6 Å². The summed E-state index contributed by atoms with van der Waals surface area (Å²) in [6.07, 6.45) is 5.78. The van der Waals surface area contributed by atoms with Gasteiger partial charge in [0.05, 0.1) is 29.6 Å². The first-order valence-electron chi connectivity index (χ1n) is 9.72. The van der Waals surface area contributed by atoms with Gasteiger partial charge in [-0.15, -0.1) is 5.10 Å². The van der Waals surface area contributed by atoms with Crippen LogP contribution in [-0.2, 0) is 11.3 Å². The molecule has 142 valence electrons. The summed E-state index contributed by atoms with van der Waals surface area (Å²) in [6.45, 7) is 10.6. The zero-order valence-corrected chi connectivity index (χ0v) is 16.6. The second kappa shape index (κ2) is 7.33. The number of hydrogen-bond donors (Lipinski definition) is 1. The Morgan fingerprint density at radius 2 is 2.04 bits per heavy atom. The van der Waals surface area contributed by atoms with Gasteiger partial charge in [-0.1, -0.05) is 19.1 Å². The number of ether oxygens (including phenoxy) is 1. The third kappa shape index (κ3) is 4.23. The largest absolute Gasteiger partial charge is 0.374 e. The monoisotopic (exact) mass is 349 g/mol. The van der Waals surface area contributed by atoms with E-state index >= 15 is 0 Å². The van der Waals surface area contributed by atoms with Gasteiger partial charge in [0.15, 0.2) is 0 Å². The molecule has 0 bridgehead atoms. The molecule has 0 atom stereocenters. The van der Waals surface area contributed by atoms with Crippen molar-refractivity contribution in [2.24, 2.45) is 5.41 Å². The number of hydrogen-bond acceptors (Lipinski definition) is 5. The maximum absolute atomic E-state index is 6.26. The van der Waals surface area contributed by atoms with Crippen molar-refractivity contribution in [1.82, 2.24) is 25.2 Å². The van der Waals surface area contributed by atoms with Crippen LogP contribution in [0.25, 0.3) is 0 Å². The summed E-state index contributed by atoms with van der Waals surface area (Å²) < 4.78 is 8.47. The van der Waals surface area contributed by atoms with Gasteiger partial charge in [-0.05, 0) is 58.5 Å². The summed E-state index contributed by atoms with van der Waals surface area (Å²) in [4.78, 5) is 2.34. The van der Waals surface area contributed by atoms with Crippen LogP contribution in [0.4, 0.5) is 0 Å². The Morgan fingerprint density at radius 1 is 1.32 bits per heavy atom. The van der Waals surface area contributed by atoms with E-state index in [0.29, 0.717) is 11.5 Å². The van der Waals surface area contributed by atoms with Crippen molar-refractivity contribution in [2.75, 3.05) is 33.8 Å². The molecule has 1 N–H and O–H groups in total. The van der Waals surface area contributed by atoms with Crippen molar-refractivity contribution >= 4 is 0 Å². The molecule has 2 heterocycles. The summed E-state index contributed by atoms with van der Waals surface area (Å²) in [5.41, 5.74) is 2.79. The molecule has 6 nitrogen and oxygen atoms in total. The third-order valence-electron chi connectivity index (χ3n) is 5.93. The first-order chi connectivity index (χ1) is 11.8. The van der Waals surface area contributed by atoms with Crippen molar-refractivity contribution in [3.63, 3.8) is 0 Å². The fourth-order valence-electron chi connectivity index (χ4n) is 4.53. The van der Waals surface area contributed by atoms with Crippen LogP contribution < -0.4 is 5.32 Å². The average Bonchev–Trinajstić information content (AvgIpc) is 3.07. The Labute approximate surface area is 152 Å². The molecule has 1 saturated carbocycles. The van der Waals surface area contributed by atoms with Crippen LogP contribution in [0, 0.1) is 12.3 Å². The van der Waals surface area contributed by atoms with Crippen LogP contribution in [0.2, 0.25) is 0 Å². The lowest BCUT2D eigenvalue weighted by molar-refractivity contribution is -0.0355. The number of aryl methyl sites for hydroxylation is 1. The van der Waals surface area contributed by atoms with Crippen LogP contribution in [-0.4, -0.2) is 59.3 Å². The molecular weight excluding hydrogens is 314 g/mol. The molecule has 3 rings (SSSR count). The highest BCUT2D eigenvalue weighted by Gasteiger charge is 2.46. The SMILES string of the molecule is CNCCN(C)Cc1c(C)nnn1[C@H]1CC[C@]2(CC1)CC(C)(C)CO2. The van der Waals surface area contributed by atoms with Gasteiger partial charge in [0.2, 0.25) is 0 Å². The number of rotatable bonds is 6. The zero-order valence-electron chi connectivity index (χ0n) is 16.6. The second-order valence-corrected chi connectivity index (χ2v) is 8.95. The molecule has 2 fully saturated rings. The summed E-state index contributed by atoms with van der Waals surface area (Å²) in [5, 5.41) is 12.1. The van der Waals surface area contributed by atoms with Crippen LogP contribution in [0.5, 0.6) is 0 Å². The number of nitrogens with zero attached hydrogens (tertiary/aromatic N) is 4. The van der Waals surface area contributed by atoms with E-state index < -0.39 is 0 Å². The van der Waals surface area contributed by atoms with Gasteiger partial charge in [-0.3, -0.25) is 4.90 Å². The molecule has 0 unspecified atom stereocenters. The minimum absolute atomic E-state index is 0.124. The molecule has 1 aromatic heterocycles. The quantitative estimate of drug-likeness (QED) is 0.855. The van der Waals surface area contributed by atoms with Gasteiger partial charge >= 0.3 is 0 Å². The maximum Gasteiger partial charge on any atom is 0.0841 e. The van der Waals surface area contributed by atoms with Crippen LogP contribution in [0.3, 0.4) is 0 Å². The zero-order chi connectivity index (χ0) is 18.1. The highest BCUT2D eigenvalue weighted by atomic mass is 16.5. The van der Waals surface area contributed by atoms with Crippen molar-refractivity contribution < 1.29 is 4.74 Å². The fourth-order valence-corrected chi connectivity index (χ4v) is 4.53. The normalized spacial score (nSPS) is 29.0. The number of nitrogens with one attached hydrogen (secondary N) is 1. The molecule has 1 spiro atoms. The van der Waals surface area contributed by atoms with E-state index in [4.69, 9.17) is 4.74 Å². The summed E-state index contributed by atoms with van der Waals surface area (Å²) in [6, 6.07) is 0.465. The van der Waals surface area contributed by atoms with E-state index in [1.807, 2.05) is 7.05 Å². The number of aromatic nitrogens is 3. The highest BCUT2D eigenvalue weighted by molar-refractivity contribution is 5.10. The molecular formula is C19H35N5O. The molecule has 0 aromatic carbocycles. The van der Waals surface area contributed by atoms with Crippen molar-refractivity contribution in [3.05, 3.63) is 11.4 Å². The molecule has 25 heavy (non-hydrogen) atoms. The molecule has 6 heteroatoms. The second-order valence-electron chi connectivity index (χ2n) is 8.95. The van der Waals surface area contributed by atoms with E-state index in [2.05, 4.69) is 53.0 Å². The van der Waals surface area contributed by atoms with E-state index in [-0.39, 0.29) is 5.60 Å². The molecule has 1 saturated heterocycles. The summed E-state index contributed by atoms with van der Waals surface area (Å²) in [7, 11) is 4.16. The predicted octanol–water partition coefficient (Wildman–Crippen LogP) is 2.54. The van der Waals surface area contributed by atoms with Gasteiger partial charge < -0.3 is 10.1 Å². The standard InChI is InChI=1S/C19H35N5O/c1-15-17(12-23(5)11-10-20-4)24(22-21-15)16-6-8-19(9-7-16)13-18(2,3)14-25-19/h16,20H,6-14H2,1-5H3/t16-,19-. The summed E-state index contributed by atoms with van der Waals surface area (Å²) >= 11 is 0. The average molecular weight is 350 g/mol. The fraction of sp³-hybridized carbons (Fsp3) is 0.895. The van der Waals surface area contributed by atoms with Gasteiger partial charge in [-0.25, -0.2) is 4.68 Å². The Kier molecular flexibility index (Phi) is 5.51. The molecule has 0 amide bonds. The molecule has 1 aliphatic carbocycles. The Balaban J connectivity index is 1.64. The van der Waals surface area contributed by atoms with E-state index in [9.17, 15) is 0 Å². The highest BCUT2D eigenvalue weighted by Crippen LogP contribution is 2.48. The van der Waals surface area contributed by atoms with Crippen molar-refractivity contribution in [2.45, 2.75) is 71.1 Å². The lowest BCUT2D eigenvalue weighted by Gasteiger charge is -2.37. The molecule has 1 aliphatic heterocycles. The lowest BCUT2D eigenvalue weighted by atomic mass is 9.75. The van der Waals surface area contributed by atoms with Gasteiger partial charge in [0, 0.05) is 19.6 Å². The summed E-state index contributed by atoms with van der Waals surface area (Å²) in [5.74, 6) is 0. The van der Waals surface area contributed by atoms with Crippen LogP contribution >= 0.6 is 0 Å². The maximum atomic E-state index is 6.26. The number of likely N-dealkylation sites (N-methyl/N-ethyl adjacent to an activating group) is 2. The Bertz CT molecular complexity index is 574. The molecule has 2 aliphatic rings. The van der Waals surface area contributed by atoms with E-state index in [1.165, 1.54) is 12.1 Å². The Hall–Kier alpha value is -0.980. The molecule has 1 aromatic rings. The van der Waals surface area contributed by atoms with Gasteiger partial charge in [0.25, 0.3) is 0 Å². The third-order valence-corrected chi connectivity index (χ3v) is 5.93. The topological polar surface area (TPSA) is 55.2 Å². The van der Waals surface area contributed by atoms with Gasteiger partial charge in [-0.2, -0.15) is 0 Å². The molecule has 0 radical (unpaired) electrons. The van der Waals surface area contributed by atoms with E-state index in [1.54, 1.807) is 0 Å². The first kappa shape index (κ1) is 18.8. The Morgan fingerprint density at radius 3 is 2.64 bits per heavy atom. The smallest absolute Gasteiger partial charge is 0.0841 e. The lowest BCUT2D eigenvalue weighted by Crippen LogP contribution is -2.36. The van der Waals surface area contributed by atoms with Crippen molar-refractivity contribution in [1.29, 1.82) is 0 Å². The predicted molar refractivity (Wildman–Crippen MR) is 99.6 cm³/mol. The minimum atomic E-state index is 0.124. The minimum Gasteiger partial charge on any atom is -0.374 e. The first-order valence-corrected chi connectivity index (χ1v) is 9.72. The van der Waals surface area contributed by atoms with Gasteiger partial charge in [0.1, 0.15) is 0 Å². The van der Waals surface area contributed by atoms with Crippen LogP contribution in [0.1, 0.15) is 63.4 Å². The van der Waals surface area contributed by atoms with Crippen LogP contribution in [0.15, 0.2) is 0 Å².